The zero-order valence-corrected chi connectivity index (χ0v) is 10.3. The van der Waals surface area contributed by atoms with Gasteiger partial charge in [0.15, 0.2) is 17.4 Å². The molecule has 0 saturated carbocycles. The third-order valence-electron chi connectivity index (χ3n) is 2.20. The quantitative estimate of drug-likeness (QED) is 0.832. The number of Topliss-reactive ketones (excluding diaryl/α,β-unsaturated/α-hetero) is 1. The molecule has 92 valence electrons. The van der Waals surface area contributed by atoms with Crippen LogP contribution in [0.4, 0.5) is 5.82 Å². The fourth-order valence-electron chi connectivity index (χ4n) is 1.31. The molecule has 5 nitrogen and oxygen atoms in total. The highest BCUT2D eigenvalue weighted by molar-refractivity contribution is 7.16. The summed E-state index contributed by atoms with van der Waals surface area (Å²) < 4.78 is 0. The van der Waals surface area contributed by atoms with Crippen LogP contribution < -0.4 is 5.32 Å². The topological polar surface area (TPSA) is 79.3 Å². The number of hydrogen-bond donors (Lipinski definition) is 2. The number of carbonyl (C=O) groups is 2. The molecule has 0 aliphatic carbocycles. The monoisotopic (exact) mass is 262 g/mol. The maximum absolute atomic E-state index is 11.8. The Labute approximate surface area is 107 Å². The molecule has 2 heterocycles. The summed E-state index contributed by atoms with van der Waals surface area (Å²) >= 11 is 1.10. The molecule has 0 unspecified atom stereocenters. The lowest BCUT2D eigenvalue weighted by atomic mass is 10.3. The van der Waals surface area contributed by atoms with Gasteiger partial charge in [0.25, 0.3) is 5.91 Å². The summed E-state index contributed by atoms with van der Waals surface area (Å²) in [5.41, 5.74) is 0. The Morgan fingerprint density at radius 3 is 2.61 bits per heavy atom. The number of pyridine rings is 1. The van der Waals surface area contributed by atoms with Crippen LogP contribution in [0.1, 0.15) is 26.3 Å². The molecule has 2 rings (SSSR count). The van der Waals surface area contributed by atoms with Crippen molar-refractivity contribution >= 4 is 28.8 Å². The van der Waals surface area contributed by atoms with Gasteiger partial charge in [-0.1, -0.05) is 0 Å². The van der Waals surface area contributed by atoms with Crippen LogP contribution in [0.2, 0.25) is 0 Å². The lowest BCUT2D eigenvalue weighted by Gasteiger charge is -2.03. The second-order valence-corrected chi connectivity index (χ2v) is 4.63. The molecule has 0 bridgehead atoms. The highest BCUT2D eigenvalue weighted by Crippen LogP contribution is 2.22. The number of nitrogens with zero attached hydrogens (tertiary/aromatic N) is 1. The van der Waals surface area contributed by atoms with Crippen LogP contribution in [-0.2, 0) is 0 Å². The number of aromatic hydroxyl groups is 1. The van der Waals surface area contributed by atoms with E-state index in [1.807, 2.05) is 0 Å². The molecule has 0 aliphatic heterocycles. The highest BCUT2D eigenvalue weighted by atomic mass is 32.1. The van der Waals surface area contributed by atoms with Gasteiger partial charge >= 0.3 is 0 Å². The molecule has 2 aromatic heterocycles. The minimum absolute atomic E-state index is 0.0836. The van der Waals surface area contributed by atoms with Crippen molar-refractivity contribution in [2.75, 3.05) is 5.32 Å². The van der Waals surface area contributed by atoms with Crippen LogP contribution in [0, 0.1) is 0 Å². The van der Waals surface area contributed by atoms with Crippen LogP contribution in [0.3, 0.4) is 0 Å². The highest BCUT2D eigenvalue weighted by Gasteiger charge is 2.13. The molecule has 1 amide bonds. The summed E-state index contributed by atoms with van der Waals surface area (Å²) in [5, 5.41) is 11.9. The number of anilines is 1. The average Bonchev–Trinajstić information content (AvgIpc) is 2.81. The van der Waals surface area contributed by atoms with Crippen LogP contribution in [0.25, 0.3) is 0 Å². The van der Waals surface area contributed by atoms with E-state index < -0.39 is 5.91 Å². The largest absolute Gasteiger partial charge is 0.504 e. The molecule has 18 heavy (non-hydrogen) atoms. The first-order valence-corrected chi connectivity index (χ1v) is 5.95. The number of nitrogens with one attached hydrogen (secondary N) is 1. The van der Waals surface area contributed by atoms with Gasteiger partial charge in [0.1, 0.15) is 0 Å². The summed E-state index contributed by atoms with van der Waals surface area (Å²) in [6.45, 7) is 1.44. The van der Waals surface area contributed by atoms with Gasteiger partial charge in [-0.2, -0.15) is 0 Å². The van der Waals surface area contributed by atoms with E-state index in [0.717, 1.165) is 11.3 Å². The number of aromatic nitrogens is 1. The van der Waals surface area contributed by atoms with E-state index in [9.17, 15) is 14.7 Å². The first-order chi connectivity index (χ1) is 8.58. The molecule has 0 radical (unpaired) electrons. The molecular formula is C12H10N2O3S. The fraction of sp³-hybridized carbons (Fsp3) is 0.0833. The van der Waals surface area contributed by atoms with E-state index in [1.54, 1.807) is 18.2 Å². The molecule has 0 aliphatic rings. The van der Waals surface area contributed by atoms with Gasteiger partial charge in [0.2, 0.25) is 0 Å². The van der Waals surface area contributed by atoms with Crippen molar-refractivity contribution in [3.8, 4) is 5.75 Å². The standard InChI is InChI=1S/C12H10N2O3S/c1-7(15)9-4-5-10(18-9)12(17)14-11-8(16)3-2-6-13-11/h2-6,16H,1H3,(H,13,14,17). The smallest absolute Gasteiger partial charge is 0.267 e. The Morgan fingerprint density at radius 2 is 2.00 bits per heavy atom. The van der Waals surface area contributed by atoms with Gasteiger partial charge in [-0.3, -0.25) is 9.59 Å². The minimum Gasteiger partial charge on any atom is -0.504 e. The number of thiophene rings is 1. The van der Waals surface area contributed by atoms with Gasteiger partial charge in [0, 0.05) is 6.20 Å². The van der Waals surface area contributed by atoms with E-state index in [2.05, 4.69) is 10.3 Å². The Balaban J connectivity index is 2.17. The van der Waals surface area contributed by atoms with Crippen molar-refractivity contribution < 1.29 is 14.7 Å². The summed E-state index contributed by atoms with van der Waals surface area (Å²) in [6, 6.07) is 6.15. The second-order valence-electron chi connectivity index (χ2n) is 3.55. The zero-order chi connectivity index (χ0) is 13.1. The number of rotatable bonds is 3. The molecular weight excluding hydrogens is 252 g/mol. The Kier molecular flexibility index (Phi) is 3.38. The third kappa shape index (κ3) is 2.54. The van der Waals surface area contributed by atoms with Crippen LogP contribution in [0.15, 0.2) is 30.5 Å². The van der Waals surface area contributed by atoms with E-state index in [1.165, 1.54) is 19.2 Å². The van der Waals surface area contributed by atoms with Gasteiger partial charge in [-0.05, 0) is 31.2 Å². The lowest BCUT2D eigenvalue weighted by Crippen LogP contribution is -2.11. The summed E-state index contributed by atoms with van der Waals surface area (Å²) in [6.07, 6.45) is 1.46. The normalized spacial score (nSPS) is 10.1. The third-order valence-corrected chi connectivity index (χ3v) is 3.38. The maximum atomic E-state index is 11.8. The van der Waals surface area contributed by atoms with Crippen molar-refractivity contribution in [3.05, 3.63) is 40.2 Å². The Bertz CT molecular complexity index is 607. The zero-order valence-electron chi connectivity index (χ0n) is 9.51. The molecule has 0 fully saturated rings. The summed E-state index contributed by atoms with van der Waals surface area (Å²) in [4.78, 5) is 27.7. The van der Waals surface area contributed by atoms with Crippen LogP contribution in [-0.4, -0.2) is 21.8 Å². The number of ketones is 1. The molecule has 2 N–H and O–H groups in total. The van der Waals surface area contributed by atoms with Crippen molar-refractivity contribution in [2.45, 2.75) is 6.92 Å². The van der Waals surface area contributed by atoms with Crippen molar-refractivity contribution in [3.63, 3.8) is 0 Å². The van der Waals surface area contributed by atoms with E-state index in [-0.39, 0.29) is 17.4 Å². The summed E-state index contributed by atoms with van der Waals surface area (Å²) in [5.74, 6) is -0.490. The van der Waals surface area contributed by atoms with Crippen molar-refractivity contribution in [1.29, 1.82) is 0 Å². The van der Waals surface area contributed by atoms with Crippen molar-refractivity contribution in [1.82, 2.24) is 4.98 Å². The number of hydrogen-bond acceptors (Lipinski definition) is 5. The predicted molar refractivity (Wildman–Crippen MR) is 68.2 cm³/mol. The van der Waals surface area contributed by atoms with Gasteiger partial charge in [-0.15, -0.1) is 11.3 Å². The van der Waals surface area contributed by atoms with Crippen LogP contribution in [0.5, 0.6) is 5.75 Å². The molecule has 0 spiro atoms. The predicted octanol–water partition coefficient (Wildman–Crippen LogP) is 2.30. The molecule has 2 aromatic rings. The van der Waals surface area contributed by atoms with Gasteiger partial charge < -0.3 is 10.4 Å². The minimum atomic E-state index is -0.401. The molecule has 0 atom stereocenters. The molecule has 0 saturated heterocycles. The average molecular weight is 262 g/mol. The van der Waals surface area contributed by atoms with E-state index in [0.29, 0.717) is 9.75 Å². The number of amides is 1. The lowest BCUT2D eigenvalue weighted by molar-refractivity contribution is 0.101. The van der Waals surface area contributed by atoms with Crippen LogP contribution >= 0.6 is 11.3 Å². The Hall–Kier alpha value is -2.21. The van der Waals surface area contributed by atoms with Gasteiger partial charge in [-0.25, -0.2) is 4.98 Å². The molecule has 0 aromatic carbocycles. The van der Waals surface area contributed by atoms with E-state index >= 15 is 0 Å². The number of carbonyl (C=O) groups excluding carboxylic acids is 2. The maximum Gasteiger partial charge on any atom is 0.267 e. The van der Waals surface area contributed by atoms with Gasteiger partial charge in [0.05, 0.1) is 9.75 Å². The molecule has 6 heteroatoms. The van der Waals surface area contributed by atoms with Crippen molar-refractivity contribution in [2.24, 2.45) is 0 Å². The Morgan fingerprint density at radius 1 is 1.28 bits per heavy atom. The summed E-state index contributed by atoms with van der Waals surface area (Å²) in [7, 11) is 0. The first-order valence-electron chi connectivity index (χ1n) is 5.14. The second kappa shape index (κ2) is 4.97. The van der Waals surface area contributed by atoms with E-state index in [4.69, 9.17) is 0 Å². The fourth-order valence-corrected chi connectivity index (χ4v) is 2.11. The SMILES string of the molecule is CC(=O)c1ccc(C(=O)Nc2ncccc2O)s1. The first kappa shape index (κ1) is 12.3.